The molecule has 1 aliphatic rings. The zero-order chi connectivity index (χ0) is 24.0. The van der Waals surface area contributed by atoms with Crippen molar-refractivity contribution in [3.05, 3.63) is 53.3 Å². The Morgan fingerprint density at radius 2 is 1.76 bits per heavy atom. The minimum atomic E-state index is -4.43. The maximum atomic E-state index is 13.0. The lowest BCUT2D eigenvalue weighted by Gasteiger charge is -2.31. The van der Waals surface area contributed by atoms with Gasteiger partial charge in [0.05, 0.1) is 23.5 Å². The van der Waals surface area contributed by atoms with Crippen LogP contribution in [0.15, 0.2) is 36.5 Å². The zero-order valence-corrected chi connectivity index (χ0v) is 18.8. The third-order valence-corrected chi connectivity index (χ3v) is 5.14. The number of benzene rings is 1. The van der Waals surface area contributed by atoms with Crippen LogP contribution in [0.5, 0.6) is 0 Å². The second-order valence-electron chi connectivity index (χ2n) is 8.92. The molecule has 0 aliphatic carbocycles. The summed E-state index contributed by atoms with van der Waals surface area (Å²) >= 11 is 0. The van der Waals surface area contributed by atoms with Crippen LogP contribution in [0, 0.1) is 0 Å². The van der Waals surface area contributed by atoms with Crippen LogP contribution in [0.2, 0.25) is 0 Å². The fourth-order valence-electron chi connectivity index (χ4n) is 3.60. The molecule has 3 aromatic rings. The molecule has 0 atom stereocenters. The summed E-state index contributed by atoms with van der Waals surface area (Å²) in [6, 6.07) is 6.53. The molecule has 2 aromatic heterocycles. The summed E-state index contributed by atoms with van der Waals surface area (Å²) in [5, 5.41) is 4.45. The number of carbonyl (C=O) groups excluding carboxylic acids is 1. The second-order valence-corrected chi connectivity index (χ2v) is 8.92. The van der Waals surface area contributed by atoms with Gasteiger partial charge in [-0.15, -0.1) is 0 Å². The quantitative estimate of drug-likeness (QED) is 0.548. The Bertz CT molecular complexity index is 1180. The van der Waals surface area contributed by atoms with Gasteiger partial charge in [-0.2, -0.15) is 18.3 Å². The number of ether oxygens (including phenoxy) is 1. The number of fused-ring (bicyclic) bond motifs is 1. The van der Waals surface area contributed by atoms with Crippen molar-refractivity contribution in [2.75, 3.05) is 6.54 Å². The number of nitrogens with zero attached hydrogens (tertiary/aromatic N) is 5. The van der Waals surface area contributed by atoms with Crippen LogP contribution in [0.3, 0.4) is 0 Å². The number of carbonyl (C=O) groups is 1. The number of halogens is 3. The Labute approximate surface area is 189 Å². The maximum absolute atomic E-state index is 13.0. The van der Waals surface area contributed by atoms with Crippen LogP contribution >= 0.6 is 0 Å². The van der Waals surface area contributed by atoms with E-state index in [1.54, 1.807) is 43.6 Å². The minimum absolute atomic E-state index is 0.209. The van der Waals surface area contributed by atoms with E-state index in [-0.39, 0.29) is 12.4 Å². The molecule has 10 heteroatoms. The number of aryl methyl sites for hydroxylation is 1. The Hall–Kier alpha value is -3.43. The van der Waals surface area contributed by atoms with E-state index in [2.05, 4.69) is 15.1 Å². The monoisotopic (exact) mass is 459 g/mol. The molecule has 0 radical (unpaired) electrons. The van der Waals surface area contributed by atoms with Gasteiger partial charge < -0.3 is 9.64 Å². The van der Waals surface area contributed by atoms with Crippen LogP contribution < -0.4 is 0 Å². The molecule has 4 rings (SSSR count). The van der Waals surface area contributed by atoms with E-state index in [0.29, 0.717) is 35.6 Å². The molecule has 174 valence electrons. The van der Waals surface area contributed by atoms with E-state index < -0.39 is 23.4 Å². The summed E-state index contributed by atoms with van der Waals surface area (Å²) in [6.45, 7) is 6.04. The Balaban J connectivity index is 1.75. The third kappa shape index (κ3) is 4.99. The number of alkyl halides is 3. The molecular formula is C23H24F3N5O2. The first kappa shape index (κ1) is 22.8. The maximum Gasteiger partial charge on any atom is 0.416 e. The highest BCUT2D eigenvalue weighted by atomic mass is 19.4. The van der Waals surface area contributed by atoms with Crippen LogP contribution in [0.25, 0.3) is 22.8 Å². The lowest BCUT2D eigenvalue weighted by molar-refractivity contribution is -0.137. The van der Waals surface area contributed by atoms with E-state index in [9.17, 15) is 18.0 Å². The molecule has 0 fully saturated rings. The van der Waals surface area contributed by atoms with E-state index in [1.807, 2.05) is 6.07 Å². The standard InChI is InChI=1S/C23H24F3N5O2/c1-22(2,3)33-21(32)31-12-9-16-18(13-31)27-20(28-19(16)17-10-11-30(4)29-17)14-5-7-15(8-6-14)23(24,25)26/h5-8,10-11H,9,12-13H2,1-4H3. The van der Waals surface area contributed by atoms with Gasteiger partial charge in [0.15, 0.2) is 5.82 Å². The Morgan fingerprint density at radius 1 is 1.06 bits per heavy atom. The van der Waals surface area contributed by atoms with Gasteiger partial charge in [-0.25, -0.2) is 14.8 Å². The number of amides is 1. The van der Waals surface area contributed by atoms with Crippen LogP contribution in [-0.4, -0.2) is 42.9 Å². The molecule has 0 unspecified atom stereocenters. The zero-order valence-electron chi connectivity index (χ0n) is 18.8. The van der Waals surface area contributed by atoms with Crippen molar-refractivity contribution in [1.29, 1.82) is 0 Å². The van der Waals surface area contributed by atoms with Crippen molar-refractivity contribution >= 4 is 6.09 Å². The Kier molecular flexibility index (Phi) is 5.63. The molecule has 1 aliphatic heterocycles. The highest BCUT2D eigenvalue weighted by Gasteiger charge is 2.31. The summed E-state index contributed by atoms with van der Waals surface area (Å²) in [5.41, 5.74) is 1.80. The van der Waals surface area contributed by atoms with E-state index in [0.717, 1.165) is 17.7 Å². The molecule has 3 heterocycles. The smallest absolute Gasteiger partial charge is 0.416 e. The molecular weight excluding hydrogens is 435 g/mol. The molecule has 0 bridgehead atoms. The van der Waals surface area contributed by atoms with E-state index >= 15 is 0 Å². The minimum Gasteiger partial charge on any atom is -0.444 e. The van der Waals surface area contributed by atoms with Gasteiger partial charge in [-0.3, -0.25) is 4.68 Å². The first-order valence-electron chi connectivity index (χ1n) is 10.5. The summed E-state index contributed by atoms with van der Waals surface area (Å²) in [7, 11) is 1.79. The van der Waals surface area contributed by atoms with Crippen molar-refractivity contribution in [3.63, 3.8) is 0 Å². The number of aromatic nitrogens is 4. The average molecular weight is 459 g/mol. The number of rotatable bonds is 2. The van der Waals surface area contributed by atoms with Gasteiger partial charge in [0.1, 0.15) is 11.3 Å². The molecule has 1 amide bonds. The molecule has 33 heavy (non-hydrogen) atoms. The fourth-order valence-corrected chi connectivity index (χ4v) is 3.60. The van der Waals surface area contributed by atoms with Crippen molar-refractivity contribution in [3.8, 4) is 22.8 Å². The highest BCUT2D eigenvalue weighted by Crippen LogP contribution is 2.33. The van der Waals surface area contributed by atoms with Crippen LogP contribution in [0.4, 0.5) is 18.0 Å². The predicted octanol–water partition coefficient (Wildman–Crippen LogP) is 4.86. The van der Waals surface area contributed by atoms with Gasteiger partial charge in [0, 0.05) is 30.9 Å². The lowest BCUT2D eigenvalue weighted by atomic mass is 10.0. The van der Waals surface area contributed by atoms with Gasteiger partial charge in [-0.1, -0.05) is 12.1 Å². The SMILES string of the molecule is Cn1ccc(-c2nc(-c3ccc(C(F)(F)F)cc3)nc3c2CCN(C(=O)OC(C)(C)C)C3)n1. The van der Waals surface area contributed by atoms with E-state index in [1.165, 1.54) is 12.1 Å². The van der Waals surface area contributed by atoms with Crippen molar-refractivity contribution in [1.82, 2.24) is 24.6 Å². The normalized spacial score (nSPS) is 14.2. The van der Waals surface area contributed by atoms with Gasteiger partial charge >= 0.3 is 12.3 Å². The summed E-state index contributed by atoms with van der Waals surface area (Å²) in [4.78, 5) is 23.5. The number of hydrogen-bond donors (Lipinski definition) is 0. The summed E-state index contributed by atoms with van der Waals surface area (Å²) in [6.07, 6.45) is -2.57. The molecule has 0 saturated heterocycles. The lowest BCUT2D eigenvalue weighted by Crippen LogP contribution is -2.40. The van der Waals surface area contributed by atoms with Gasteiger partial charge in [-0.05, 0) is 45.4 Å². The van der Waals surface area contributed by atoms with Crippen molar-refractivity contribution < 1.29 is 22.7 Å². The van der Waals surface area contributed by atoms with Crippen molar-refractivity contribution in [2.24, 2.45) is 7.05 Å². The predicted molar refractivity (Wildman–Crippen MR) is 115 cm³/mol. The summed E-state index contributed by atoms with van der Waals surface area (Å²) < 4.78 is 46.1. The molecule has 0 spiro atoms. The first-order valence-corrected chi connectivity index (χ1v) is 10.5. The molecule has 7 nitrogen and oxygen atoms in total. The number of hydrogen-bond acceptors (Lipinski definition) is 5. The van der Waals surface area contributed by atoms with Crippen LogP contribution in [0.1, 0.15) is 37.6 Å². The molecule has 1 aromatic carbocycles. The molecule has 0 N–H and O–H groups in total. The van der Waals surface area contributed by atoms with E-state index in [4.69, 9.17) is 4.74 Å². The van der Waals surface area contributed by atoms with Crippen molar-refractivity contribution in [2.45, 2.75) is 45.5 Å². The first-order chi connectivity index (χ1) is 15.4. The summed E-state index contributed by atoms with van der Waals surface area (Å²) in [5.74, 6) is 0.272. The molecule has 0 saturated carbocycles. The average Bonchev–Trinajstić information content (AvgIpc) is 3.17. The third-order valence-electron chi connectivity index (χ3n) is 5.14. The second kappa shape index (κ2) is 8.17. The van der Waals surface area contributed by atoms with Gasteiger partial charge in [0.25, 0.3) is 0 Å². The topological polar surface area (TPSA) is 73.1 Å². The largest absolute Gasteiger partial charge is 0.444 e. The van der Waals surface area contributed by atoms with Gasteiger partial charge in [0.2, 0.25) is 0 Å². The highest BCUT2D eigenvalue weighted by molar-refractivity contribution is 5.70. The van der Waals surface area contributed by atoms with Crippen LogP contribution in [-0.2, 0) is 30.9 Å². The fraction of sp³-hybridized carbons (Fsp3) is 0.391. The Morgan fingerprint density at radius 3 is 2.33 bits per heavy atom.